The lowest BCUT2D eigenvalue weighted by Crippen LogP contribution is -2.32. The van der Waals surface area contributed by atoms with Gasteiger partial charge in [-0.2, -0.15) is 5.26 Å². The van der Waals surface area contributed by atoms with Crippen LogP contribution in [-0.4, -0.2) is 29.8 Å². The van der Waals surface area contributed by atoms with Crippen molar-refractivity contribution in [2.75, 3.05) is 17.7 Å². The number of rotatable bonds is 8. The third-order valence-corrected chi connectivity index (χ3v) is 7.11. The summed E-state index contributed by atoms with van der Waals surface area (Å²) >= 11 is 1.22. The predicted molar refractivity (Wildman–Crippen MR) is 140 cm³/mol. The van der Waals surface area contributed by atoms with E-state index in [9.17, 15) is 19.6 Å². The minimum atomic E-state index is -0.556. The van der Waals surface area contributed by atoms with Crippen molar-refractivity contribution in [3.63, 3.8) is 0 Å². The van der Waals surface area contributed by atoms with Gasteiger partial charge < -0.3 is 15.4 Å². The van der Waals surface area contributed by atoms with Crippen LogP contribution in [0, 0.1) is 11.3 Å². The Kier molecular flexibility index (Phi) is 7.91. The fraction of sp³-hybridized carbons (Fsp3) is 0.286. The average molecular weight is 502 g/mol. The molecule has 2 aromatic carbocycles. The first-order valence-electron chi connectivity index (χ1n) is 11.9. The number of dihydropyridines is 1. The van der Waals surface area contributed by atoms with Gasteiger partial charge in [-0.25, -0.2) is 0 Å². The number of nitrogens with zero attached hydrogens (tertiary/aromatic N) is 1. The van der Waals surface area contributed by atoms with Crippen LogP contribution in [0.25, 0.3) is 0 Å². The zero-order valence-corrected chi connectivity index (χ0v) is 21.0. The second kappa shape index (κ2) is 11.3. The molecule has 0 bridgehead atoms. The van der Waals surface area contributed by atoms with Crippen molar-refractivity contribution in [1.29, 1.82) is 5.26 Å². The number of hydrogen-bond donors (Lipinski definition) is 2. The molecular weight excluding hydrogens is 474 g/mol. The number of amides is 1. The van der Waals surface area contributed by atoms with Crippen molar-refractivity contribution >= 4 is 34.9 Å². The standard InChI is InChI=1S/C28H27N3O4S/c1-3-35-24-13-5-4-10-20(24)26-21(15-29)28(31-22-11-7-12-23(33)27(22)26)36-16-25(34)30-19-9-6-8-18(14-19)17(2)32/h4-6,8-10,13-14,26,31H,3,7,11-12,16H2,1-2H3,(H,30,34)/t26-/m0/s1. The van der Waals surface area contributed by atoms with Gasteiger partial charge in [0.2, 0.25) is 5.91 Å². The molecule has 2 aliphatic rings. The van der Waals surface area contributed by atoms with E-state index in [4.69, 9.17) is 4.74 Å². The summed E-state index contributed by atoms with van der Waals surface area (Å²) in [4.78, 5) is 37.4. The highest BCUT2D eigenvalue weighted by molar-refractivity contribution is 8.03. The lowest BCUT2D eigenvalue weighted by atomic mass is 9.76. The molecule has 0 spiro atoms. The molecule has 184 valence electrons. The third-order valence-electron chi connectivity index (χ3n) is 6.09. The van der Waals surface area contributed by atoms with Gasteiger partial charge >= 0.3 is 0 Å². The number of Topliss-reactive ketones (excluding diaryl/α,β-unsaturated/α-hetero) is 2. The number of anilines is 1. The second-order valence-corrected chi connectivity index (χ2v) is 9.51. The van der Waals surface area contributed by atoms with E-state index < -0.39 is 5.92 Å². The summed E-state index contributed by atoms with van der Waals surface area (Å²) in [5.41, 5.74) is 3.63. The van der Waals surface area contributed by atoms with Gasteiger partial charge in [0, 0.05) is 34.5 Å². The zero-order chi connectivity index (χ0) is 25.7. The molecule has 8 heteroatoms. The first kappa shape index (κ1) is 25.3. The van der Waals surface area contributed by atoms with Crippen molar-refractivity contribution in [2.24, 2.45) is 0 Å². The lowest BCUT2D eigenvalue weighted by molar-refractivity contribution is -0.116. The monoisotopic (exact) mass is 501 g/mol. The van der Waals surface area contributed by atoms with Gasteiger partial charge in [-0.15, -0.1) is 0 Å². The van der Waals surface area contributed by atoms with Gasteiger partial charge in [0.05, 0.1) is 34.9 Å². The van der Waals surface area contributed by atoms with E-state index in [2.05, 4.69) is 16.7 Å². The predicted octanol–water partition coefficient (Wildman–Crippen LogP) is 5.09. The van der Waals surface area contributed by atoms with Crippen LogP contribution in [0.1, 0.15) is 54.9 Å². The fourth-order valence-corrected chi connectivity index (χ4v) is 5.37. The average Bonchev–Trinajstić information content (AvgIpc) is 2.87. The molecule has 0 radical (unpaired) electrons. The third kappa shape index (κ3) is 5.37. The lowest BCUT2D eigenvalue weighted by Gasteiger charge is -2.33. The molecule has 1 aliphatic heterocycles. The van der Waals surface area contributed by atoms with Gasteiger partial charge in [0.1, 0.15) is 5.75 Å². The Morgan fingerprint density at radius 3 is 2.75 bits per heavy atom. The fourth-order valence-electron chi connectivity index (χ4n) is 4.51. The molecule has 1 atom stereocenters. The van der Waals surface area contributed by atoms with Gasteiger partial charge in [-0.3, -0.25) is 14.4 Å². The zero-order valence-electron chi connectivity index (χ0n) is 20.2. The molecule has 1 aliphatic carbocycles. The number of carbonyl (C=O) groups excluding carboxylic acids is 3. The molecule has 7 nitrogen and oxygen atoms in total. The maximum Gasteiger partial charge on any atom is 0.234 e. The van der Waals surface area contributed by atoms with E-state index in [1.807, 2.05) is 31.2 Å². The Balaban J connectivity index is 1.63. The summed E-state index contributed by atoms with van der Waals surface area (Å²) in [6.07, 6.45) is 1.87. The number of carbonyl (C=O) groups is 3. The molecule has 0 fully saturated rings. The molecule has 0 unspecified atom stereocenters. The summed E-state index contributed by atoms with van der Waals surface area (Å²) in [5.74, 6) is -0.191. The number of ether oxygens (including phenoxy) is 1. The summed E-state index contributed by atoms with van der Waals surface area (Å²) in [7, 11) is 0. The Labute approximate surface area is 214 Å². The van der Waals surface area contributed by atoms with Crippen molar-refractivity contribution in [3.05, 3.63) is 81.5 Å². The number of allylic oxidation sites excluding steroid dienone is 3. The molecule has 0 saturated carbocycles. The minimum absolute atomic E-state index is 0.0277. The molecule has 2 aromatic rings. The summed E-state index contributed by atoms with van der Waals surface area (Å²) in [6.45, 7) is 3.82. The molecule has 2 N–H and O–H groups in total. The van der Waals surface area contributed by atoms with Gasteiger partial charge in [-0.1, -0.05) is 42.1 Å². The van der Waals surface area contributed by atoms with Crippen molar-refractivity contribution < 1.29 is 19.1 Å². The van der Waals surface area contributed by atoms with Crippen LogP contribution in [0.5, 0.6) is 5.75 Å². The van der Waals surface area contributed by atoms with Crippen LogP contribution in [0.4, 0.5) is 5.69 Å². The highest BCUT2D eigenvalue weighted by Gasteiger charge is 2.38. The number of nitriles is 1. The Hall–Kier alpha value is -3.83. The maximum absolute atomic E-state index is 13.0. The van der Waals surface area contributed by atoms with Crippen LogP contribution < -0.4 is 15.4 Å². The van der Waals surface area contributed by atoms with Crippen molar-refractivity contribution in [3.8, 4) is 11.8 Å². The number of hydrogen-bond acceptors (Lipinski definition) is 7. The Bertz CT molecular complexity index is 1320. The number of nitrogens with one attached hydrogen (secondary N) is 2. The molecule has 0 aromatic heterocycles. The highest BCUT2D eigenvalue weighted by atomic mass is 32.2. The van der Waals surface area contributed by atoms with E-state index in [0.29, 0.717) is 52.6 Å². The minimum Gasteiger partial charge on any atom is -0.494 e. The Morgan fingerprint density at radius 2 is 2.00 bits per heavy atom. The molecule has 1 heterocycles. The van der Waals surface area contributed by atoms with Gasteiger partial charge in [0.25, 0.3) is 0 Å². The van der Waals surface area contributed by atoms with E-state index in [1.54, 1.807) is 24.3 Å². The van der Waals surface area contributed by atoms with Crippen LogP contribution in [0.2, 0.25) is 0 Å². The highest BCUT2D eigenvalue weighted by Crippen LogP contribution is 2.46. The first-order valence-corrected chi connectivity index (χ1v) is 12.8. The summed E-state index contributed by atoms with van der Waals surface area (Å²) in [5, 5.41) is 16.9. The summed E-state index contributed by atoms with van der Waals surface area (Å²) < 4.78 is 5.84. The van der Waals surface area contributed by atoms with Crippen LogP contribution in [0.15, 0.2) is 70.4 Å². The van der Waals surface area contributed by atoms with E-state index in [0.717, 1.165) is 17.7 Å². The number of benzene rings is 2. The maximum atomic E-state index is 13.0. The molecular formula is C28H27N3O4S. The number of para-hydroxylation sites is 1. The SMILES string of the molecule is CCOc1ccccc1[C@H]1C(C#N)=C(SCC(=O)Nc2cccc(C(C)=O)c2)NC2=C1C(=O)CCC2. The van der Waals surface area contributed by atoms with Gasteiger partial charge in [-0.05, 0) is 44.9 Å². The quantitative estimate of drug-likeness (QED) is 0.485. The van der Waals surface area contributed by atoms with E-state index in [1.165, 1.54) is 18.7 Å². The Morgan fingerprint density at radius 1 is 1.19 bits per heavy atom. The van der Waals surface area contributed by atoms with E-state index in [-0.39, 0.29) is 23.2 Å². The topological polar surface area (TPSA) is 108 Å². The van der Waals surface area contributed by atoms with Crippen molar-refractivity contribution in [1.82, 2.24) is 5.32 Å². The molecule has 0 saturated heterocycles. The number of thioether (sulfide) groups is 1. The first-order chi connectivity index (χ1) is 17.4. The van der Waals surface area contributed by atoms with Crippen LogP contribution in [-0.2, 0) is 9.59 Å². The molecule has 1 amide bonds. The number of ketones is 2. The van der Waals surface area contributed by atoms with Gasteiger partial charge in [0.15, 0.2) is 11.6 Å². The van der Waals surface area contributed by atoms with Crippen LogP contribution >= 0.6 is 11.8 Å². The molecule has 4 rings (SSSR count). The van der Waals surface area contributed by atoms with Crippen molar-refractivity contribution in [2.45, 2.75) is 39.0 Å². The molecule has 36 heavy (non-hydrogen) atoms. The second-order valence-electron chi connectivity index (χ2n) is 8.53. The van der Waals surface area contributed by atoms with Crippen LogP contribution in [0.3, 0.4) is 0 Å². The smallest absolute Gasteiger partial charge is 0.234 e. The largest absolute Gasteiger partial charge is 0.494 e. The normalized spacial score (nSPS) is 17.1. The van der Waals surface area contributed by atoms with E-state index >= 15 is 0 Å². The summed E-state index contributed by atoms with van der Waals surface area (Å²) in [6, 6.07) is 16.5.